The molecule has 0 saturated heterocycles. The second kappa shape index (κ2) is 6.11. The third-order valence-electron chi connectivity index (χ3n) is 2.84. The molecule has 0 aliphatic rings. The lowest BCUT2D eigenvalue weighted by molar-refractivity contribution is 0.0916. The van der Waals surface area contributed by atoms with E-state index in [-0.39, 0.29) is 12.5 Å². The first-order valence-corrected chi connectivity index (χ1v) is 6.09. The lowest BCUT2D eigenvalue weighted by atomic mass is 10.1. The summed E-state index contributed by atoms with van der Waals surface area (Å²) in [5, 5.41) is 12.7. The summed E-state index contributed by atoms with van der Waals surface area (Å²) in [5.74, 6) is -0.237. The molecular weight excluding hydrogens is 240 g/mol. The molecule has 2 rings (SSSR count). The molecule has 1 aromatic heterocycles. The zero-order valence-corrected chi connectivity index (χ0v) is 10.7. The molecule has 0 radical (unpaired) electrons. The van der Waals surface area contributed by atoms with E-state index in [9.17, 15) is 9.90 Å². The van der Waals surface area contributed by atoms with Crippen molar-refractivity contribution in [1.82, 2.24) is 10.3 Å². The number of aromatic nitrogens is 1. The van der Waals surface area contributed by atoms with E-state index in [1.54, 1.807) is 18.3 Å². The number of nitrogens with zero attached hydrogens (tertiary/aromatic N) is 1. The standard InChI is InChI=1S/C15H16N2O2/c1-11-4-6-12(7-5-11)14(18)10-17-15(19)13-3-2-8-16-9-13/h2-9,14,18H,10H2,1H3,(H,17,19)/t14-/m0/s1. The van der Waals surface area contributed by atoms with E-state index in [4.69, 9.17) is 0 Å². The number of aryl methyl sites for hydroxylation is 1. The van der Waals surface area contributed by atoms with Crippen LogP contribution < -0.4 is 5.32 Å². The van der Waals surface area contributed by atoms with Gasteiger partial charge < -0.3 is 10.4 Å². The van der Waals surface area contributed by atoms with Crippen molar-refractivity contribution in [3.63, 3.8) is 0 Å². The molecule has 4 heteroatoms. The Labute approximate surface area is 112 Å². The topological polar surface area (TPSA) is 62.2 Å². The SMILES string of the molecule is Cc1ccc([C@@H](O)CNC(=O)c2cccnc2)cc1. The van der Waals surface area contributed by atoms with Crippen LogP contribution in [-0.2, 0) is 0 Å². The fourth-order valence-electron chi connectivity index (χ4n) is 1.69. The molecule has 0 saturated carbocycles. The number of pyridine rings is 1. The molecule has 2 N–H and O–H groups in total. The fraction of sp³-hybridized carbons (Fsp3) is 0.200. The summed E-state index contributed by atoms with van der Waals surface area (Å²) in [6.45, 7) is 2.16. The number of hydrogen-bond acceptors (Lipinski definition) is 3. The van der Waals surface area contributed by atoms with Gasteiger partial charge in [0, 0.05) is 18.9 Å². The highest BCUT2D eigenvalue weighted by atomic mass is 16.3. The molecule has 0 spiro atoms. The molecule has 19 heavy (non-hydrogen) atoms. The van der Waals surface area contributed by atoms with Crippen LogP contribution in [0, 0.1) is 6.92 Å². The van der Waals surface area contributed by atoms with Gasteiger partial charge in [-0.05, 0) is 24.6 Å². The van der Waals surface area contributed by atoms with Crippen molar-refractivity contribution >= 4 is 5.91 Å². The number of benzene rings is 1. The molecule has 2 aromatic rings. The third kappa shape index (κ3) is 3.63. The Kier molecular flexibility index (Phi) is 4.26. The van der Waals surface area contributed by atoms with Crippen LogP contribution in [0.4, 0.5) is 0 Å². The largest absolute Gasteiger partial charge is 0.387 e. The molecule has 1 amide bonds. The summed E-state index contributed by atoms with van der Waals surface area (Å²) in [5.41, 5.74) is 2.41. The molecule has 0 aliphatic heterocycles. The summed E-state index contributed by atoms with van der Waals surface area (Å²) in [6.07, 6.45) is 2.40. The van der Waals surface area contributed by atoms with E-state index in [2.05, 4.69) is 10.3 Å². The Bertz CT molecular complexity index is 538. The maximum atomic E-state index is 11.8. The predicted octanol–water partition coefficient (Wildman–Crippen LogP) is 1.85. The number of aliphatic hydroxyl groups excluding tert-OH is 1. The minimum Gasteiger partial charge on any atom is -0.387 e. The minimum atomic E-state index is -0.707. The Morgan fingerprint density at radius 2 is 2.05 bits per heavy atom. The maximum absolute atomic E-state index is 11.8. The second-order valence-electron chi connectivity index (χ2n) is 4.38. The van der Waals surface area contributed by atoms with Gasteiger partial charge in [0.15, 0.2) is 0 Å². The van der Waals surface area contributed by atoms with Gasteiger partial charge in [-0.15, -0.1) is 0 Å². The summed E-state index contributed by atoms with van der Waals surface area (Å²) >= 11 is 0. The molecular formula is C15H16N2O2. The van der Waals surface area contributed by atoms with E-state index < -0.39 is 6.10 Å². The maximum Gasteiger partial charge on any atom is 0.252 e. The predicted molar refractivity (Wildman–Crippen MR) is 72.7 cm³/mol. The van der Waals surface area contributed by atoms with Gasteiger partial charge >= 0.3 is 0 Å². The zero-order valence-electron chi connectivity index (χ0n) is 10.7. The monoisotopic (exact) mass is 256 g/mol. The van der Waals surface area contributed by atoms with Crippen molar-refractivity contribution in [1.29, 1.82) is 0 Å². The number of amides is 1. The van der Waals surface area contributed by atoms with Crippen LogP contribution in [0.25, 0.3) is 0 Å². The highest BCUT2D eigenvalue weighted by Crippen LogP contribution is 2.12. The number of rotatable bonds is 4. The Balaban J connectivity index is 1.92. The number of nitrogens with one attached hydrogen (secondary N) is 1. The van der Waals surface area contributed by atoms with Crippen LogP contribution in [0.15, 0.2) is 48.8 Å². The van der Waals surface area contributed by atoms with Gasteiger partial charge in [-0.2, -0.15) is 0 Å². The van der Waals surface area contributed by atoms with Gasteiger partial charge in [0.1, 0.15) is 0 Å². The molecule has 1 atom stereocenters. The molecule has 0 unspecified atom stereocenters. The fourth-order valence-corrected chi connectivity index (χ4v) is 1.69. The zero-order chi connectivity index (χ0) is 13.7. The average Bonchev–Trinajstić information content (AvgIpc) is 2.46. The van der Waals surface area contributed by atoms with Crippen LogP contribution in [0.3, 0.4) is 0 Å². The van der Waals surface area contributed by atoms with Gasteiger partial charge in [0.2, 0.25) is 0 Å². The van der Waals surface area contributed by atoms with Crippen molar-refractivity contribution in [2.75, 3.05) is 6.54 Å². The van der Waals surface area contributed by atoms with Gasteiger partial charge in [0.05, 0.1) is 11.7 Å². The van der Waals surface area contributed by atoms with Gasteiger partial charge in [0.25, 0.3) is 5.91 Å². The van der Waals surface area contributed by atoms with Crippen molar-refractivity contribution < 1.29 is 9.90 Å². The quantitative estimate of drug-likeness (QED) is 0.877. The molecule has 1 aromatic carbocycles. The van der Waals surface area contributed by atoms with Crippen LogP contribution in [0.1, 0.15) is 27.6 Å². The van der Waals surface area contributed by atoms with Gasteiger partial charge in [-0.3, -0.25) is 9.78 Å². The van der Waals surface area contributed by atoms with Crippen molar-refractivity contribution in [3.05, 3.63) is 65.5 Å². The van der Waals surface area contributed by atoms with Gasteiger partial charge in [-0.1, -0.05) is 29.8 Å². The first kappa shape index (κ1) is 13.2. The first-order chi connectivity index (χ1) is 9.16. The van der Waals surface area contributed by atoms with Gasteiger partial charge in [-0.25, -0.2) is 0 Å². The number of aliphatic hydroxyl groups is 1. The summed E-state index contributed by atoms with van der Waals surface area (Å²) in [4.78, 5) is 15.6. The summed E-state index contributed by atoms with van der Waals surface area (Å²) in [7, 11) is 0. The number of hydrogen-bond donors (Lipinski definition) is 2. The van der Waals surface area contributed by atoms with E-state index in [1.807, 2.05) is 31.2 Å². The highest BCUT2D eigenvalue weighted by molar-refractivity contribution is 5.93. The molecule has 0 aliphatic carbocycles. The Morgan fingerprint density at radius 3 is 2.68 bits per heavy atom. The van der Waals surface area contributed by atoms with E-state index >= 15 is 0 Å². The van der Waals surface area contributed by atoms with Crippen LogP contribution in [0.5, 0.6) is 0 Å². The molecule has 0 fully saturated rings. The molecule has 0 bridgehead atoms. The van der Waals surface area contributed by atoms with Crippen LogP contribution in [-0.4, -0.2) is 22.5 Å². The van der Waals surface area contributed by atoms with E-state index in [1.165, 1.54) is 6.20 Å². The minimum absolute atomic E-state index is 0.177. The molecule has 4 nitrogen and oxygen atoms in total. The molecule has 1 heterocycles. The normalized spacial score (nSPS) is 11.9. The Morgan fingerprint density at radius 1 is 1.32 bits per heavy atom. The number of carbonyl (C=O) groups is 1. The lowest BCUT2D eigenvalue weighted by Gasteiger charge is -2.12. The summed E-state index contributed by atoms with van der Waals surface area (Å²) < 4.78 is 0. The first-order valence-electron chi connectivity index (χ1n) is 6.09. The lowest BCUT2D eigenvalue weighted by Crippen LogP contribution is -2.28. The summed E-state index contributed by atoms with van der Waals surface area (Å²) in [6, 6.07) is 11.0. The smallest absolute Gasteiger partial charge is 0.252 e. The van der Waals surface area contributed by atoms with Crippen molar-refractivity contribution in [2.45, 2.75) is 13.0 Å². The van der Waals surface area contributed by atoms with Crippen molar-refractivity contribution in [3.8, 4) is 0 Å². The van der Waals surface area contributed by atoms with Crippen molar-refractivity contribution in [2.24, 2.45) is 0 Å². The average molecular weight is 256 g/mol. The number of carbonyl (C=O) groups excluding carboxylic acids is 1. The second-order valence-corrected chi connectivity index (χ2v) is 4.38. The van der Waals surface area contributed by atoms with E-state index in [0.717, 1.165) is 11.1 Å². The van der Waals surface area contributed by atoms with E-state index in [0.29, 0.717) is 5.56 Å². The third-order valence-corrected chi connectivity index (χ3v) is 2.84. The van der Waals surface area contributed by atoms with Crippen LogP contribution >= 0.6 is 0 Å². The Hall–Kier alpha value is -2.20. The highest BCUT2D eigenvalue weighted by Gasteiger charge is 2.10. The van der Waals surface area contributed by atoms with Crippen LogP contribution in [0.2, 0.25) is 0 Å². The molecule has 98 valence electrons.